The number of esters is 1. The van der Waals surface area contributed by atoms with Crippen LogP contribution in [-0.2, 0) is 9.53 Å². The summed E-state index contributed by atoms with van der Waals surface area (Å²) >= 11 is 0. The maximum atomic E-state index is 10.2. The first-order valence-corrected chi connectivity index (χ1v) is 10.6. The van der Waals surface area contributed by atoms with Crippen LogP contribution in [0, 0.1) is 6.92 Å². The highest BCUT2D eigenvalue weighted by Crippen LogP contribution is 2.15. The lowest BCUT2D eigenvalue weighted by atomic mass is 10.2. The van der Waals surface area contributed by atoms with Crippen LogP contribution in [0.4, 0.5) is 5.69 Å². The summed E-state index contributed by atoms with van der Waals surface area (Å²) < 4.78 is 4.80. The van der Waals surface area contributed by atoms with Gasteiger partial charge in [0.1, 0.15) is 5.60 Å². The number of nitrogens with zero attached hydrogens (tertiary/aromatic N) is 1. The second-order valence-corrected chi connectivity index (χ2v) is 7.24. The minimum atomic E-state index is -0.328. The maximum absolute atomic E-state index is 10.2. The molecule has 0 aliphatic heterocycles. The predicted octanol–water partition coefficient (Wildman–Crippen LogP) is 7.41. The summed E-state index contributed by atoms with van der Waals surface area (Å²) in [6.07, 6.45) is 3.68. The lowest BCUT2D eigenvalue weighted by Gasteiger charge is -2.23. The van der Waals surface area contributed by atoms with Crippen LogP contribution in [0.3, 0.4) is 0 Å². The van der Waals surface area contributed by atoms with Gasteiger partial charge in [-0.2, -0.15) is 0 Å². The third-order valence-corrected chi connectivity index (χ3v) is 2.84. The van der Waals surface area contributed by atoms with Gasteiger partial charge in [0.05, 0.1) is 0 Å². The van der Waals surface area contributed by atoms with Crippen molar-refractivity contribution in [1.82, 2.24) is 0 Å². The molecule has 0 bridgehead atoms. The van der Waals surface area contributed by atoms with Gasteiger partial charge in [-0.3, -0.25) is 4.79 Å². The van der Waals surface area contributed by atoms with E-state index < -0.39 is 0 Å². The molecule has 3 nitrogen and oxygen atoms in total. The lowest BCUT2D eigenvalue weighted by molar-refractivity contribution is -0.151. The molecule has 1 rings (SSSR count). The first-order chi connectivity index (χ1) is 12.6. The zero-order valence-electron chi connectivity index (χ0n) is 20.1. The van der Waals surface area contributed by atoms with Gasteiger partial charge in [0, 0.05) is 25.7 Å². The molecule has 0 spiro atoms. The molecule has 1 aromatic rings. The van der Waals surface area contributed by atoms with Crippen LogP contribution in [0.25, 0.3) is 0 Å². The average Bonchev–Trinajstić information content (AvgIpc) is 2.56. The van der Waals surface area contributed by atoms with Crippen molar-refractivity contribution in [2.24, 2.45) is 0 Å². The highest BCUT2D eigenvalue weighted by atomic mass is 16.6. The van der Waals surface area contributed by atoms with E-state index in [1.807, 2.05) is 34.6 Å². The van der Waals surface area contributed by atoms with Crippen molar-refractivity contribution in [3.63, 3.8) is 0 Å². The number of carbonyl (C=O) groups excluding carboxylic acids is 1. The van der Waals surface area contributed by atoms with Crippen molar-refractivity contribution in [3.05, 3.63) is 29.8 Å². The van der Waals surface area contributed by atoms with Crippen LogP contribution in [0.1, 0.15) is 94.1 Å². The van der Waals surface area contributed by atoms with E-state index in [9.17, 15) is 4.79 Å². The number of carbonyl (C=O) groups is 1. The number of ether oxygens (including phenoxy) is 1. The van der Waals surface area contributed by atoms with Crippen molar-refractivity contribution >= 4 is 11.7 Å². The molecule has 0 unspecified atom stereocenters. The summed E-state index contributed by atoms with van der Waals surface area (Å²) in [5.74, 6) is -0.225. The molecular formula is C24H47NO2. The van der Waals surface area contributed by atoms with Crippen LogP contribution in [0.5, 0.6) is 0 Å². The standard InChI is InChI=1S/C13H21N.C6H12O2.C3H8.C2H6/c1-4-10-14(11-5-2)13-8-6-12(3)7-9-13;1-5(7)8-6(2,3)4;1-3-2;1-2/h6-9H,4-5,10-11H2,1-3H3;1-4H3;3H2,1-2H3;1-2H3. The molecule has 0 fully saturated rings. The highest BCUT2D eigenvalue weighted by molar-refractivity contribution is 5.66. The van der Waals surface area contributed by atoms with Crippen molar-refractivity contribution < 1.29 is 9.53 Å². The summed E-state index contributed by atoms with van der Waals surface area (Å²) in [7, 11) is 0. The third-order valence-electron chi connectivity index (χ3n) is 2.84. The van der Waals surface area contributed by atoms with Crippen molar-refractivity contribution in [3.8, 4) is 0 Å². The van der Waals surface area contributed by atoms with E-state index in [0.29, 0.717) is 0 Å². The zero-order chi connectivity index (χ0) is 21.9. The molecule has 0 N–H and O–H groups in total. The van der Waals surface area contributed by atoms with E-state index in [0.717, 1.165) is 13.1 Å². The van der Waals surface area contributed by atoms with Crippen molar-refractivity contribution in [2.75, 3.05) is 18.0 Å². The van der Waals surface area contributed by atoms with E-state index in [4.69, 9.17) is 4.74 Å². The van der Waals surface area contributed by atoms with Gasteiger partial charge in [0.2, 0.25) is 0 Å². The van der Waals surface area contributed by atoms with Gasteiger partial charge in [-0.1, -0.05) is 65.7 Å². The van der Waals surface area contributed by atoms with Gasteiger partial charge in [-0.25, -0.2) is 0 Å². The molecule has 1 aromatic carbocycles. The second kappa shape index (κ2) is 19.3. The van der Waals surface area contributed by atoms with Gasteiger partial charge in [0.15, 0.2) is 0 Å². The van der Waals surface area contributed by atoms with E-state index in [2.05, 4.69) is 63.8 Å². The summed E-state index contributed by atoms with van der Waals surface area (Å²) in [4.78, 5) is 12.7. The topological polar surface area (TPSA) is 29.5 Å². The van der Waals surface area contributed by atoms with Gasteiger partial charge in [-0.05, 0) is 52.7 Å². The molecule has 0 saturated carbocycles. The first-order valence-electron chi connectivity index (χ1n) is 10.6. The maximum Gasteiger partial charge on any atom is 0.303 e. The summed E-state index contributed by atoms with van der Waals surface area (Å²) in [5.41, 5.74) is 2.37. The summed E-state index contributed by atoms with van der Waals surface area (Å²) in [5, 5.41) is 0. The molecule has 160 valence electrons. The predicted molar refractivity (Wildman–Crippen MR) is 123 cm³/mol. The smallest absolute Gasteiger partial charge is 0.303 e. The normalized spacial score (nSPS) is 9.44. The number of hydrogen-bond acceptors (Lipinski definition) is 3. The highest BCUT2D eigenvalue weighted by Gasteiger charge is 2.11. The molecule has 0 aliphatic rings. The molecule has 0 saturated heterocycles. The Kier molecular flexibility index (Phi) is 21.6. The number of hydrogen-bond donors (Lipinski definition) is 0. The molecule has 3 heteroatoms. The fourth-order valence-corrected chi connectivity index (χ4v) is 2.10. The minimum Gasteiger partial charge on any atom is -0.460 e. The molecule has 0 aromatic heterocycles. The Balaban J connectivity index is -0.000000376. The van der Waals surface area contributed by atoms with E-state index >= 15 is 0 Å². The lowest BCUT2D eigenvalue weighted by Crippen LogP contribution is -2.24. The Hall–Kier alpha value is -1.51. The Morgan fingerprint density at radius 2 is 1.30 bits per heavy atom. The van der Waals surface area contributed by atoms with Gasteiger partial charge in [0.25, 0.3) is 0 Å². The Morgan fingerprint density at radius 1 is 0.926 bits per heavy atom. The molecular weight excluding hydrogens is 334 g/mol. The fourth-order valence-electron chi connectivity index (χ4n) is 2.10. The molecule has 27 heavy (non-hydrogen) atoms. The van der Waals surface area contributed by atoms with Crippen molar-refractivity contribution in [1.29, 1.82) is 0 Å². The largest absolute Gasteiger partial charge is 0.460 e. The van der Waals surface area contributed by atoms with E-state index in [1.54, 1.807) is 0 Å². The van der Waals surface area contributed by atoms with Gasteiger partial charge >= 0.3 is 5.97 Å². The van der Waals surface area contributed by atoms with Crippen LogP contribution < -0.4 is 4.90 Å². The first kappa shape index (κ1) is 30.2. The molecule has 0 amide bonds. The summed E-state index contributed by atoms with van der Waals surface area (Å²) in [6.45, 7) is 24.1. The number of benzene rings is 1. The zero-order valence-corrected chi connectivity index (χ0v) is 20.1. The number of rotatable bonds is 5. The summed E-state index contributed by atoms with van der Waals surface area (Å²) in [6, 6.07) is 8.82. The molecule has 0 aliphatic carbocycles. The van der Waals surface area contributed by atoms with Crippen LogP contribution in [0.15, 0.2) is 24.3 Å². The monoisotopic (exact) mass is 381 g/mol. The fraction of sp³-hybridized carbons (Fsp3) is 0.708. The quantitative estimate of drug-likeness (QED) is 0.497. The van der Waals surface area contributed by atoms with Crippen LogP contribution >= 0.6 is 0 Å². The van der Waals surface area contributed by atoms with Crippen molar-refractivity contribution in [2.45, 2.75) is 101 Å². The van der Waals surface area contributed by atoms with E-state index in [1.165, 1.54) is 37.4 Å². The third kappa shape index (κ3) is 22.4. The molecule has 0 radical (unpaired) electrons. The van der Waals surface area contributed by atoms with Gasteiger partial charge in [-0.15, -0.1) is 0 Å². The molecule has 0 heterocycles. The second-order valence-electron chi connectivity index (χ2n) is 7.24. The number of aryl methyl sites for hydroxylation is 1. The Morgan fingerprint density at radius 3 is 1.52 bits per heavy atom. The van der Waals surface area contributed by atoms with E-state index in [-0.39, 0.29) is 11.6 Å². The van der Waals surface area contributed by atoms with Gasteiger partial charge < -0.3 is 9.64 Å². The molecule has 0 atom stereocenters. The Labute approximate surface area is 170 Å². The average molecular weight is 382 g/mol. The SMILES string of the molecule is CC.CC(=O)OC(C)(C)C.CCC.CCCN(CCC)c1ccc(C)cc1. The van der Waals surface area contributed by atoms with Crippen LogP contribution in [0.2, 0.25) is 0 Å². The minimum absolute atomic E-state index is 0.225. The van der Waals surface area contributed by atoms with Crippen LogP contribution in [-0.4, -0.2) is 24.7 Å². The number of anilines is 1. The Bertz CT molecular complexity index is 427.